The second-order valence-electron chi connectivity index (χ2n) is 4.76. The lowest BCUT2D eigenvalue weighted by atomic mass is 10.4. The van der Waals surface area contributed by atoms with Crippen LogP contribution in [0.25, 0.3) is 0 Å². The number of likely N-dealkylation sites (N-methyl/N-ethyl adjacent to an activating group) is 1. The summed E-state index contributed by atoms with van der Waals surface area (Å²) in [5.74, 6) is 2.35. The molecule has 0 fully saturated rings. The summed E-state index contributed by atoms with van der Waals surface area (Å²) in [4.78, 5) is 10.9. The molecule has 1 heterocycles. The normalized spacial score (nSPS) is 10.9. The molecule has 0 aliphatic carbocycles. The first kappa shape index (κ1) is 16.7. The van der Waals surface area contributed by atoms with Gasteiger partial charge in [-0.2, -0.15) is 0 Å². The van der Waals surface area contributed by atoms with Crippen molar-refractivity contribution in [1.82, 2.24) is 9.97 Å². The van der Waals surface area contributed by atoms with Gasteiger partial charge in [0.25, 0.3) is 0 Å². The van der Waals surface area contributed by atoms with Crippen molar-refractivity contribution >= 4 is 11.6 Å². The maximum absolute atomic E-state index is 5.56. The van der Waals surface area contributed by atoms with Crippen molar-refractivity contribution in [2.24, 2.45) is 0 Å². The molecule has 0 aliphatic rings. The molecule has 0 aromatic carbocycles. The third kappa shape index (κ3) is 5.71. The molecule has 0 atom stereocenters. The van der Waals surface area contributed by atoms with E-state index in [-0.39, 0.29) is 6.10 Å². The third-order valence-corrected chi connectivity index (χ3v) is 2.72. The summed E-state index contributed by atoms with van der Waals surface area (Å²) >= 11 is 0. The number of aromatic nitrogens is 2. The Morgan fingerprint density at radius 2 is 2.10 bits per heavy atom. The van der Waals surface area contributed by atoms with Crippen LogP contribution in [0.5, 0.6) is 0 Å². The average Bonchev–Trinajstić information content (AvgIpc) is 2.44. The minimum atomic E-state index is 0.246. The molecule has 114 valence electrons. The first-order chi connectivity index (χ1) is 9.56. The molecular weight excluding hydrogens is 256 g/mol. The van der Waals surface area contributed by atoms with E-state index in [4.69, 9.17) is 9.47 Å². The Kier molecular flexibility index (Phi) is 7.25. The summed E-state index contributed by atoms with van der Waals surface area (Å²) in [7, 11) is 3.84. The number of hydrogen-bond donors (Lipinski definition) is 1. The van der Waals surface area contributed by atoms with E-state index in [2.05, 4.69) is 20.2 Å². The lowest BCUT2D eigenvalue weighted by Crippen LogP contribution is -2.25. The molecule has 1 aromatic rings. The van der Waals surface area contributed by atoms with Crippen LogP contribution in [0.2, 0.25) is 0 Å². The van der Waals surface area contributed by atoms with Crippen LogP contribution in [0.4, 0.5) is 11.6 Å². The predicted molar refractivity (Wildman–Crippen MR) is 81.3 cm³/mol. The van der Waals surface area contributed by atoms with Gasteiger partial charge in [0.05, 0.1) is 12.7 Å². The molecule has 1 rings (SSSR count). The number of ether oxygens (including phenoxy) is 2. The van der Waals surface area contributed by atoms with Gasteiger partial charge in [-0.1, -0.05) is 0 Å². The van der Waals surface area contributed by atoms with Gasteiger partial charge in [0.2, 0.25) is 0 Å². The summed E-state index contributed by atoms with van der Waals surface area (Å²) in [6.07, 6.45) is 0.246. The van der Waals surface area contributed by atoms with Crippen LogP contribution in [-0.4, -0.2) is 49.9 Å². The quantitative estimate of drug-likeness (QED) is 0.746. The maximum atomic E-state index is 5.56. The molecule has 6 nitrogen and oxygen atoms in total. The topological polar surface area (TPSA) is 59.5 Å². The summed E-state index contributed by atoms with van der Waals surface area (Å²) < 4.78 is 10.9. The highest BCUT2D eigenvalue weighted by molar-refractivity contribution is 5.48. The van der Waals surface area contributed by atoms with Gasteiger partial charge in [0.1, 0.15) is 18.2 Å². The lowest BCUT2D eigenvalue weighted by Gasteiger charge is -2.20. The summed E-state index contributed by atoms with van der Waals surface area (Å²) in [5.41, 5.74) is 0. The molecule has 6 heteroatoms. The Balaban J connectivity index is 2.70. The summed E-state index contributed by atoms with van der Waals surface area (Å²) in [5, 5.41) is 3.05. The molecule has 0 aliphatic heterocycles. The molecule has 1 N–H and O–H groups in total. The van der Waals surface area contributed by atoms with Crippen molar-refractivity contribution < 1.29 is 9.47 Å². The predicted octanol–water partition coefficient (Wildman–Crippen LogP) is 1.92. The minimum absolute atomic E-state index is 0.246. The summed E-state index contributed by atoms with van der Waals surface area (Å²) in [6.45, 7) is 8.56. The number of nitrogens with one attached hydrogen (secondary N) is 1. The van der Waals surface area contributed by atoms with Gasteiger partial charge in [-0.3, -0.25) is 0 Å². The van der Waals surface area contributed by atoms with E-state index in [0.717, 1.165) is 18.2 Å². The van der Waals surface area contributed by atoms with Crippen LogP contribution in [-0.2, 0) is 16.1 Å². The van der Waals surface area contributed by atoms with Gasteiger partial charge in [-0.05, 0) is 20.8 Å². The Hall–Kier alpha value is -1.40. The van der Waals surface area contributed by atoms with Crippen LogP contribution in [0.1, 0.15) is 26.6 Å². The maximum Gasteiger partial charge on any atom is 0.158 e. The highest BCUT2D eigenvalue weighted by Crippen LogP contribution is 2.15. The van der Waals surface area contributed by atoms with Crippen LogP contribution >= 0.6 is 0 Å². The van der Waals surface area contributed by atoms with Gasteiger partial charge < -0.3 is 19.7 Å². The minimum Gasteiger partial charge on any atom is -0.377 e. The molecule has 0 saturated carbocycles. The van der Waals surface area contributed by atoms with Gasteiger partial charge in [-0.25, -0.2) is 9.97 Å². The highest BCUT2D eigenvalue weighted by Gasteiger charge is 2.08. The van der Waals surface area contributed by atoms with Crippen LogP contribution < -0.4 is 10.2 Å². The fourth-order valence-electron chi connectivity index (χ4n) is 1.60. The third-order valence-electron chi connectivity index (χ3n) is 2.72. The van der Waals surface area contributed by atoms with E-state index in [1.807, 2.05) is 40.9 Å². The van der Waals surface area contributed by atoms with E-state index >= 15 is 0 Å². The van der Waals surface area contributed by atoms with Crippen molar-refractivity contribution in [2.45, 2.75) is 33.5 Å². The zero-order chi connectivity index (χ0) is 15.0. The zero-order valence-electron chi connectivity index (χ0n) is 13.1. The highest BCUT2D eigenvalue weighted by atomic mass is 16.5. The Bertz CT molecular complexity index is 399. The SMILES string of the molecule is CCOCc1nc(NC)cc(N(C)CCOC(C)C)n1. The fourth-order valence-corrected chi connectivity index (χ4v) is 1.60. The van der Waals surface area contributed by atoms with E-state index < -0.39 is 0 Å². The molecule has 0 amide bonds. The van der Waals surface area contributed by atoms with Crippen LogP contribution in [0.3, 0.4) is 0 Å². The molecular formula is C14H26N4O2. The average molecular weight is 282 g/mol. The molecule has 1 aromatic heterocycles. The van der Waals surface area contributed by atoms with E-state index in [9.17, 15) is 0 Å². The zero-order valence-corrected chi connectivity index (χ0v) is 13.1. The Morgan fingerprint density at radius 3 is 2.70 bits per heavy atom. The van der Waals surface area contributed by atoms with E-state index in [0.29, 0.717) is 25.6 Å². The van der Waals surface area contributed by atoms with Gasteiger partial charge in [0, 0.05) is 33.3 Å². The van der Waals surface area contributed by atoms with E-state index in [1.54, 1.807) is 0 Å². The number of hydrogen-bond acceptors (Lipinski definition) is 6. The second kappa shape index (κ2) is 8.71. The van der Waals surface area contributed by atoms with Gasteiger partial charge in [0.15, 0.2) is 5.82 Å². The number of nitrogens with zero attached hydrogens (tertiary/aromatic N) is 3. The Labute approximate surface area is 121 Å². The molecule has 0 radical (unpaired) electrons. The monoisotopic (exact) mass is 282 g/mol. The largest absolute Gasteiger partial charge is 0.377 e. The molecule has 20 heavy (non-hydrogen) atoms. The van der Waals surface area contributed by atoms with Gasteiger partial charge in [-0.15, -0.1) is 0 Å². The smallest absolute Gasteiger partial charge is 0.158 e. The fraction of sp³-hybridized carbons (Fsp3) is 0.714. The van der Waals surface area contributed by atoms with E-state index in [1.165, 1.54) is 0 Å². The second-order valence-corrected chi connectivity index (χ2v) is 4.76. The van der Waals surface area contributed by atoms with Crippen LogP contribution in [0, 0.1) is 0 Å². The lowest BCUT2D eigenvalue weighted by molar-refractivity contribution is 0.0845. The van der Waals surface area contributed by atoms with Crippen molar-refractivity contribution in [1.29, 1.82) is 0 Å². The number of anilines is 2. The molecule has 0 bridgehead atoms. The molecule has 0 saturated heterocycles. The van der Waals surface area contributed by atoms with Crippen LogP contribution in [0.15, 0.2) is 6.07 Å². The molecule has 0 unspecified atom stereocenters. The first-order valence-corrected chi connectivity index (χ1v) is 7.03. The van der Waals surface area contributed by atoms with Crippen molar-refractivity contribution in [3.05, 3.63) is 11.9 Å². The number of rotatable bonds is 9. The van der Waals surface area contributed by atoms with Crippen molar-refractivity contribution in [3.8, 4) is 0 Å². The van der Waals surface area contributed by atoms with Crippen molar-refractivity contribution in [2.75, 3.05) is 44.1 Å². The Morgan fingerprint density at radius 1 is 1.35 bits per heavy atom. The summed E-state index contributed by atoms with van der Waals surface area (Å²) in [6, 6.07) is 1.92. The van der Waals surface area contributed by atoms with Gasteiger partial charge >= 0.3 is 0 Å². The first-order valence-electron chi connectivity index (χ1n) is 7.03. The van der Waals surface area contributed by atoms with Crippen molar-refractivity contribution in [3.63, 3.8) is 0 Å². The standard InChI is InChI=1S/C14H26N4O2/c1-6-19-10-13-16-12(15-4)9-14(17-13)18(5)7-8-20-11(2)3/h9,11H,6-8,10H2,1-5H3,(H,15,16,17). The molecule has 0 spiro atoms.